The summed E-state index contributed by atoms with van der Waals surface area (Å²) < 4.78 is 5.57. The lowest BCUT2D eigenvalue weighted by atomic mass is 9.84. The second-order valence-electron chi connectivity index (χ2n) is 6.87. The van der Waals surface area contributed by atoms with Crippen molar-refractivity contribution in [3.05, 3.63) is 0 Å². The minimum atomic E-state index is -0.419. The topological polar surface area (TPSA) is 58.6 Å². The first-order valence-corrected chi connectivity index (χ1v) is 7.38. The molecule has 1 aliphatic rings. The maximum Gasteiger partial charge on any atom is 0.243 e. The zero-order chi connectivity index (χ0) is 15.3. The minimum Gasteiger partial charge on any atom is -0.380 e. The molecule has 1 atom stereocenters. The summed E-state index contributed by atoms with van der Waals surface area (Å²) in [7, 11) is 0. The molecular weight excluding hydrogens is 256 g/mol. The summed E-state index contributed by atoms with van der Waals surface area (Å²) in [5, 5.41) is 2.66. The summed E-state index contributed by atoms with van der Waals surface area (Å²) in [5.41, 5.74) is -0.280. The Labute approximate surface area is 122 Å². The highest BCUT2D eigenvalue weighted by molar-refractivity contribution is 5.95. The molecule has 1 fully saturated rings. The third kappa shape index (κ3) is 4.78. The van der Waals surface area contributed by atoms with E-state index in [-0.39, 0.29) is 23.8 Å². The predicted molar refractivity (Wildman–Crippen MR) is 78.2 cm³/mol. The summed E-state index contributed by atoms with van der Waals surface area (Å²) in [5.74, 6) is 0.510. The molecular formula is C15H28N2O3. The number of rotatable bonds is 6. The van der Waals surface area contributed by atoms with E-state index in [9.17, 15) is 9.59 Å². The molecule has 0 saturated carbocycles. The zero-order valence-electron chi connectivity index (χ0n) is 13.4. The standard InChI is InChI=1S/C15H28N2O3/c1-11(2)6-8-20-9-7-17-12(18)10-16-14(19)13(17)15(3,4)5/h11,13H,6-10H2,1-5H3,(H,16,19). The fourth-order valence-electron chi connectivity index (χ4n) is 2.35. The number of ether oxygens (including phenoxy) is 1. The second-order valence-corrected chi connectivity index (χ2v) is 6.87. The van der Waals surface area contributed by atoms with Gasteiger partial charge >= 0.3 is 0 Å². The molecule has 1 saturated heterocycles. The van der Waals surface area contributed by atoms with Crippen molar-refractivity contribution in [1.82, 2.24) is 10.2 Å². The first-order chi connectivity index (χ1) is 9.23. The van der Waals surface area contributed by atoms with E-state index >= 15 is 0 Å². The highest BCUT2D eigenvalue weighted by Crippen LogP contribution is 2.26. The molecule has 1 aliphatic heterocycles. The van der Waals surface area contributed by atoms with Gasteiger partial charge in [0.15, 0.2) is 0 Å². The van der Waals surface area contributed by atoms with Gasteiger partial charge in [-0.1, -0.05) is 34.6 Å². The third-order valence-corrected chi connectivity index (χ3v) is 3.43. The van der Waals surface area contributed by atoms with Crippen LogP contribution in [0.25, 0.3) is 0 Å². The van der Waals surface area contributed by atoms with Gasteiger partial charge in [0.1, 0.15) is 6.04 Å². The smallest absolute Gasteiger partial charge is 0.243 e. The van der Waals surface area contributed by atoms with E-state index < -0.39 is 6.04 Å². The van der Waals surface area contributed by atoms with Gasteiger partial charge in [0.25, 0.3) is 0 Å². The Morgan fingerprint density at radius 2 is 1.95 bits per heavy atom. The summed E-state index contributed by atoms with van der Waals surface area (Å²) in [6.07, 6.45) is 1.01. The van der Waals surface area contributed by atoms with E-state index in [0.717, 1.165) is 6.42 Å². The van der Waals surface area contributed by atoms with Crippen molar-refractivity contribution >= 4 is 11.8 Å². The maximum atomic E-state index is 12.0. The van der Waals surface area contributed by atoms with Crippen LogP contribution in [0.4, 0.5) is 0 Å². The number of nitrogens with zero attached hydrogens (tertiary/aromatic N) is 1. The van der Waals surface area contributed by atoms with Crippen molar-refractivity contribution in [2.75, 3.05) is 26.3 Å². The number of hydrogen-bond acceptors (Lipinski definition) is 3. The van der Waals surface area contributed by atoms with Crippen molar-refractivity contribution in [1.29, 1.82) is 0 Å². The van der Waals surface area contributed by atoms with E-state index in [1.807, 2.05) is 20.8 Å². The Balaban J connectivity index is 2.54. The average Bonchev–Trinajstić information content (AvgIpc) is 2.30. The van der Waals surface area contributed by atoms with Crippen LogP contribution in [0, 0.1) is 11.3 Å². The molecule has 20 heavy (non-hydrogen) atoms. The number of nitrogens with one attached hydrogen (secondary N) is 1. The molecule has 2 amide bonds. The van der Waals surface area contributed by atoms with Gasteiger partial charge in [-0.3, -0.25) is 9.59 Å². The van der Waals surface area contributed by atoms with Crippen molar-refractivity contribution in [3.63, 3.8) is 0 Å². The van der Waals surface area contributed by atoms with Crippen molar-refractivity contribution in [2.24, 2.45) is 11.3 Å². The van der Waals surface area contributed by atoms with Gasteiger partial charge in [0.2, 0.25) is 11.8 Å². The lowest BCUT2D eigenvalue weighted by Gasteiger charge is -2.42. The number of amides is 2. The summed E-state index contributed by atoms with van der Waals surface area (Å²) >= 11 is 0. The monoisotopic (exact) mass is 284 g/mol. The molecule has 0 aromatic rings. The molecule has 5 heteroatoms. The van der Waals surface area contributed by atoms with Gasteiger partial charge in [-0.15, -0.1) is 0 Å². The Kier molecular flexibility index (Phi) is 5.99. The highest BCUT2D eigenvalue weighted by atomic mass is 16.5. The zero-order valence-corrected chi connectivity index (χ0v) is 13.4. The average molecular weight is 284 g/mol. The maximum absolute atomic E-state index is 12.0. The fraction of sp³-hybridized carbons (Fsp3) is 0.867. The summed E-state index contributed by atoms with van der Waals surface area (Å²) in [6.45, 7) is 12.0. The summed E-state index contributed by atoms with van der Waals surface area (Å²) in [4.78, 5) is 25.7. The molecule has 0 aromatic heterocycles. The lowest BCUT2D eigenvalue weighted by Crippen LogP contribution is -2.63. The van der Waals surface area contributed by atoms with Gasteiger partial charge in [-0.2, -0.15) is 0 Å². The number of carbonyl (C=O) groups excluding carboxylic acids is 2. The van der Waals surface area contributed by atoms with E-state index in [1.165, 1.54) is 0 Å². The molecule has 0 bridgehead atoms. The Morgan fingerprint density at radius 3 is 2.50 bits per heavy atom. The Bertz CT molecular complexity index is 348. The van der Waals surface area contributed by atoms with Crippen LogP contribution in [0.2, 0.25) is 0 Å². The van der Waals surface area contributed by atoms with Gasteiger partial charge in [0, 0.05) is 13.2 Å². The number of piperazine rings is 1. The molecule has 0 aromatic carbocycles. The van der Waals surface area contributed by atoms with Crippen LogP contribution >= 0.6 is 0 Å². The molecule has 5 nitrogen and oxygen atoms in total. The van der Waals surface area contributed by atoms with Crippen LogP contribution < -0.4 is 5.32 Å². The first-order valence-electron chi connectivity index (χ1n) is 7.38. The fourth-order valence-corrected chi connectivity index (χ4v) is 2.35. The van der Waals surface area contributed by atoms with Crippen molar-refractivity contribution < 1.29 is 14.3 Å². The van der Waals surface area contributed by atoms with E-state index in [1.54, 1.807) is 4.90 Å². The van der Waals surface area contributed by atoms with Crippen LogP contribution in [0.15, 0.2) is 0 Å². The van der Waals surface area contributed by atoms with E-state index in [2.05, 4.69) is 19.2 Å². The SMILES string of the molecule is CC(C)CCOCCN1C(=O)CNC(=O)C1C(C)(C)C. The third-order valence-electron chi connectivity index (χ3n) is 3.43. The van der Waals surface area contributed by atoms with Gasteiger partial charge < -0.3 is 15.0 Å². The molecule has 1 N–H and O–H groups in total. The molecule has 0 radical (unpaired) electrons. The van der Waals surface area contributed by atoms with Gasteiger partial charge in [-0.25, -0.2) is 0 Å². The molecule has 1 rings (SSSR count). The highest BCUT2D eigenvalue weighted by Gasteiger charge is 2.41. The second kappa shape index (κ2) is 7.07. The minimum absolute atomic E-state index is 0.0306. The molecule has 0 spiro atoms. The molecule has 1 unspecified atom stereocenters. The van der Waals surface area contributed by atoms with Crippen molar-refractivity contribution in [3.8, 4) is 0 Å². The predicted octanol–water partition coefficient (Wildman–Crippen LogP) is 1.42. The van der Waals surface area contributed by atoms with Gasteiger partial charge in [0.05, 0.1) is 13.2 Å². The van der Waals surface area contributed by atoms with Crippen LogP contribution in [-0.2, 0) is 14.3 Å². The van der Waals surface area contributed by atoms with Gasteiger partial charge in [-0.05, 0) is 17.8 Å². The number of carbonyl (C=O) groups is 2. The van der Waals surface area contributed by atoms with Crippen LogP contribution in [-0.4, -0.2) is 49.1 Å². The van der Waals surface area contributed by atoms with Crippen LogP contribution in [0.1, 0.15) is 41.0 Å². The van der Waals surface area contributed by atoms with E-state index in [4.69, 9.17) is 4.74 Å². The normalized spacial score (nSPS) is 20.5. The van der Waals surface area contributed by atoms with Crippen molar-refractivity contribution in [2.45, 2.75) is 47.1 Å². The quantitative estimate of drug-likeness (QED) is 0.751. The Hall–Kier alpha value is -1.10. The Morgan fingerprint density at radius 1 is 1.30 bits per heavy atom. The molecule has 1 heterocycles. The molecule has 0 aliphatic carbocycles. The molecule has 116 valence electrons. The van der Waals surface area contributed by atoms with Crippen LogP contribution in [0.3, 0.4) is 0 Å². The van der Waals surface area contributed by atoms with E-state index in [0.29, 0.717) is 25.7 Å². The summed E-state index contributed by atoms with van der Waals surface area (Å²) in [6, 6.07) is -0.419. The lowest BCUT2D eigenvalue weighted by molar-refractivity contribution is -0.150. The number of hydrogen-bond donors (Lipinski definition) is 1. The van der Waals surface area contributed by atoms with Crippen LogP contribution in [0.5, 0.6) is 0 Å². The first kappa shape index (κ1) is 17.0. The largest absolute Gasteiger partial charge is 0.380 e.